The summed E-state index contributed by atoms with van der Waals surface area (Å²) in [5.74, 6) is 0.950. The summed E-state index contributed by atoms with van der Waals surface area (Å²) in [4.78, 5) is 14.4. The molecule has 5 heteroatoms. The molecule has 1 saturated heterocycles. The Morgan fingerprint density at radius 2 is 1.85 bits per heavy atom. The molecule has 2 aromatic carbocycles. The Hall–Kier alpha value is -2.30. The first-order valence-electron chi connectivity index (χ1n) is 9.39. The second-order valence-electron chi connectivity index (χ2n) is 7.53. The van der Waals surface area contributed by atoms with Crippen molar-refractivity contribution in [2.75, 3.05) is 13.1 Å². The summed E-state index contributed by atoms with van der Waals surface area (Å²) in [6.45, 7) is 5.09. The van der Waals surface area contributed by atoms with Crippen LogP contribution in [-0.2, 0) is 6.54 Å². The Balaban J connectivity index is 1.75. The first-order chi connectivity index (χ1) is 13.0. The topological polar surface area (TPSA) is 54.9 Å². The van der Waals surface area contributed by atoms with Crippen molar-refractivity contribution in [2.45, 2.75) is 26.3 Å². The average molecular weight is 385 g/mol. The highest BCUT2D eigenvalue weighted by Crippen LogP contribution is 2.28. The number of phenols is 1. The van der Waals surface area contributed by atoms with E-state index >= 15 is 0 Å². The molecule has 1 fully saturated rings. The fourth-order valence-electron chi connectivity index (χ4n) is 3.84. The molecular formula is C22H23ClNO3+. The van der Waals surface area contributed by atoms with E-state index in [0.717, 1.165) is 30.1 Å². The Morgan fingerprint density at radius 1 is 1.15 bits per heavy atom. The summed E-state index contributed by atoms with van der Waals surface area (Å²) in [7, 11) is 0. The number of hydrogen-bond acceptors (Lipinski definition) is 3. The van der Waals surface area contributed by atoms with Crippen molar-refractivity contribution >= 4 is 22.6 Å². The number of benzene rings is 2. The number of quaternary nitrogens is 1. The average Bonchev–Trinajstić information content (AvgIpc) is 2.67. The number of hydrogen-bond donors (Lipinski definition) is 2. The third-order valence-electron chi connectivity index (χ3n) is 5.58. The molecule has 0 amide bonds. The summed E-state index contributed by atoms with van der Waals surface area (Å²) in [5.41, 5.74) is 2.37. The van der Waals surface area contributed by atoms with Gasteiger partial charge in [0.15, 0.2) is 0 Å². The normalized spacial score (nSPS) is 20.1. The van der Waals surface area contributed by atoms with Crippen LogP contribution in [-0.4, -0.2) is 18.2 Å². The smallest absolute Gasteiger partial charge is 0.200 e. The first-order valence-corrected chi connectivity index (χ1v) is 9.76. The van der Waals surface area contributed by atoms with Gasteiger partial charge in [0.05, 0.1) is 29.6 Å². The van der Waals surface area contributed by atoms with Gasteiger partial charge in [-0.15, -0.1) is 0 Å². The zero-order valence-electron chi connectivity index (χ0n) is 15.3. The fraction of sp³-hybridized carbons (Fsp3) is 0.318. The van der Waals surface area contributed by atoms with Crippen molar-refractivity contribution in [3.8, 4) is 16.9 Å². The standard InChI is InChI=1S/C22H22ClNO3/c1-14-8-10-24(11-9-14)12-18-20(25)7-6-17-21(26)19(13-27-22(17)18)15-2-4-16(23)5-3-15/h2-7,13-14,25H,8-12H2,1H3/p+1. The summed E-state index contributed by atoms with van der Waals surface area (Å²) in [6, 6.07) is 10.4. The van der Waals surface area contributed by atoms with E-state index in [1.807, 2.05) is 0 Å². The third kappa shape index (κ3) is 3.60. The SMILES string of the molecule is CC1CC[NH+](Cc2c(O)ccc3c(=O)c(-c4ccc(Cl)cc4)coc23)CC1. The lowest BCUT2D eigenvalue weighted by atomic mass is 9.98. The van der Waals surface area contributed by atoms with Gasteiger partial charge in [0.2, 0.25) is 5.43 Å². The number of aromatic hydroxyl groups is 1. The van der Waals surface area contributed by atoms with Gasteiger partial charge in [-0.2, -0.15) is 0 Å². The van der Waals surface area contributed by atoms with Crippen LogP contribution >= 0.6 is 11.6 Å². The van der Waals surface area contributed by atoms with Crippen LogP contribution in [0.1, 0.15) is 25.3 Å². The minimum atomic E-state index is -0.0953. The lowest BCUT2D eigenvalue weighted by Crippen LogP contribution is -3.11. The van der Waals surface area contributed by atoms with Crippen molar-refractivity contribution in [1.82, 2.24) is 0 Å². The van der Waals surface area contributed by atoms with Crippen molar-refractivity contribution < 1.29 is 14.4 Å². The predicted molar refractivity (Wildman–Crippen MR) is 107 cm³/mol. The molecule has 4 nitrogen and oxygen atoms in total. The van der Waals surface area contributed by atoms with Crippen molar-refractivity contribution in [3.05, 3.63) is 63.5 Å². The van der Waals surface area contributed by atoms with Crippen LogP contribution in [0.25, 0.3) is 22.1 Å². The summed E-state index contributed by atoms with van der Waals surface area (Å²) in [5, 5.41) is 11.5. The molecule has 140 valence electrons. The summed E-state index contributed by atoms with van der Waals surface area (Å²) < 4.78 is 5.88. The molecule has 27 heavy (non-hydrogen) atoms. The van der Waals surface area contributed by atoms with Crippen LogP contribution < -0.4 is 10.3 Å². The zero-order valence-corrected chi connectivity index (χ0v) is 16.1. The van der Waals surface area contributed by atoms with E-state index in [0.29, 0.717) is 28.1 Å². The van der Waals surface area contributed by atoms with E-state index in [9.17, 15) is 9.90 Å². The van der Waals surface area contributed by atoms with E-state index in [-0.39, 0.29) is 11.2 Å². The van der Waals surface area contributed by atoms with Crippen LogP contribution in [0.5, 0.6) is 5.75 Å². The number of fused-ring (bicyclic) bond motifs is 1. The van der Waals surface area contributed by atoms with Crippen LogP contribution in [0, 0.1) is 5.92 Å². The Kier molecular flexibility index (Phi) is 4.94. The molecule has 1 aromatic heterocycles. The molecule has 0 aliphatic carbocycles. The molecule has 3 aromatic rings. The first kappa shape index (κ1) is 18.1. The lowest BCUT2D eigenvalue weighted by molar-refractivity contribution is -0.919. The van der Waals surface area contributed by atoms with E-state index in [2.05, 4.69) is 6.92 Å². The Morgan fingerprint density at radius 3 is 2.56 bits per heavy atom. The van der Waals surface area contributed by atoms with Crippen LogP contribution in [0.4, 0.5) is 0 Å². The highest BCUT2D eigenvalue weighted by molar-refractivity contribution is 6.30. The lowest BCUT2D eigenvalue weighted by Gasteiger charge is -2.27. The number of phenolic OH excluding ortho intramolecular Hbond substituents is 1. The van der Waals surface area contributed by atoms with Crippen LogP contribution in [0.15, 0.2) is 51.9 Å². The third-order valence-corrected chi connectivity index (χ3v) is 5.84. The van der Waals surface area contributed by atoms with Gasteiger partial charge in [-0.3, -0.25) is 4.79 Å². The molecule has 2 N–H and O–H groups in total. The maximum atomic E-state index is 13.0. The highest BCUT2D eigenvalue weighted by atomic mass is 35.5. The Labute approximate surface area is 163 Å². The number of rotatable bonds is 3. The molecular weight excluding hydrogens is 362 g/mol. The predicted octanol–water partition coefficient (Wildman–Crippen LogP) is 3.63. The maximum absolute atomic E-state index is 13.0. The van der Waals surface area contributed by atoms with E-state index < -0.39 is 0 Å². The van der Waals surface area contributed by atoms with Gasteiger partial charge < -0.3 is 14.4 Å². The number of likely N-dealkylation sites (tertiary alicyclic amines) is 1. The summed E-state index contributed by atoms with van der Waals surface area (Å²) in [6.07, 6.45) is 3.86. The quantitative estimate of drug-likeness (QED) is 0.725. The molecule has 1 aliphatic rings. The van der Waals surface area contributed by atoms with Crippen molar-refractivity contribution in [3.63, 3.8) is 0 Å². The number of piperidine rings is 1. The molecule has 0 spiro atoms. The van der Waals surface area contributed by atoms with Gasteiger partial charge in [0.25, 0.3) is 0 Å². The minimum Gasteiger partial charge on any atom is -0.507 e. The molecule has 0 unspecified atom stereocenters. The largest absolute Gasteiger partial charge is 0.507 e. The molecule has 4 rings (SSSR count). The van der Waals surface area contributed by atoms with Gasteiger partial charge in [0, 0.05) is 5.02 Å². The molecule has 0 bridgehead atoms. The second-order valence-corrected chi connectivity index (χ2v) is 7.97. The van der Waals surface area contributed by atoms with Gasteiger partial charge in [-0.05, 0) is 48.6 Å². The number of nitrogens with one attached hydrogen (secondary N) is 1. The van der Waals surface area contributed by atoms with Crippen molar-refractivity contribution in [2.24, 2.45) is 5.92 Å². The zero-order chi connectivity index (χ0) is 19.0. The van der Waals surface area contributed by atoms with Gasteiger partial charge in [0.1, 0.15) is 24.1 Å². The highest BCUT2D eigenvalue weighted by Gasteiger charge is 2.23. The minimum absolute atomic E-state index is 0.0953. The van der Waals surface area contributed by atoms with Gasteiger partial charge in [-0.1, -0.05) is 30.7 Å². The van der Waals surface area contributed by atoms with E-state index in [4.69, 9.17) is 16.0 Å². The van der Waals surface area contributed by atoms with Gasteiger partial charge in [-0.25, -0.2) is 0 Å². The Bertz CT molecular complexity index is 1020. The summed E-state index contributed by atoms with van der Waals surface area (Å²) >= 11 is 5.94. The molecule has 0 saturated carbocycles. The van der Waals surface area contributed by atoms with Gasteiger partial charge >= 0.3 is 0 Å². The van der Waals surface area contributed by atoms with E-state index in [1.54, 1.807) is 36.4 Å². The van der Waals surface area contributed by atoms with Crippen LogP contribution in [0.3, 0.4) is 0 Å². The molecule has 2 heterocycles. The maximum Gasteiger partial charge on any atom is 0.200 e. The van der Waals surface area contributed by atoms with Crippen LogP contribution in [0.2, 0.25) is 5.02 Å². The molecule has 0 atom stereocenters. The monoisotopic (exact) mass is 384 g/mol. The second kappa shape index (κ2) is 7.37. The molecule has 0 radical (unpaired) electrons. The number of halogens is 1. The molecule has 1 aliphatic heterocycles. The fourth-order valence-corrected chi connectivity index (χ4v) is 3.97. The van der Waals surface area contributed by atoms with E-state index in [1.165, 1.54) is 24.0 Å². The van der Waals surface area contributed by atoms with Crippen molar-refractivity contribution in [1.29, 1.82) is 0 Å².